The summed E-state index contributed by atoms with van der Waals surface area (Å²) in [6, 6.07) is 9.87. The summed E-state index contributed by atoms with van der Waals surface area (Å²) >= 11 is 0. The molecule has 0 bridgehead atoms. The fourth-order valence-electron chi connectivity index (χ4n) is 1.41. The van der Waals surface area contributed by atoms with Crippen molar-refractivity contribution in [2.45, 2.75) is 0 Å². The van der Waals surface area contributed by atoms with Gasteiger partial charge in [0.05, 0.1) is 0 Å². The van der Waals surface area contributed by atoms with Gasteiger partial charge in [-0.15, -0.1) is 0 Å². The minimum absolute atomic E-state index is 0.230. The molecule has 6 heteroatoms. The highest BCUT2D eigenvalue weighted by atomic mass is 31.2. The van der Waals surface area contributed by atoms with Crippen LogP contribution in [0, 0.1) is 0 Å². The molecule has 0 fully saturated rings. The third kappa shape index (κ3) is 2.33. The van der Waals surface area contributed by atoms with Crippen LogP contribution in [-0.4, -0.2) is 14.9 Å². The molecule has 3 N–H and O–H groups in total. The van der Waals surface area contributed by atoms with E-state index in [1.165, 1.54) is 12.1 Å². The zero-order chi connectivity index (χ0) is 11.8. The Labute approximate surface area is 91.2 Å². The summed E-state index contributed by atoms with van der Waals surface area (Å²) in [5.74, 6) is -0.533. The first-order chi connectivity index (χ1) is 7.46. The van der Waals surface area contributed by atoms with E-state index in [1.807, 2.05) is 0 Å². The smallest absolute Gasteiger partial charge is 0.504 e. The van der Waals surface area contributed by atoms with Crippen LogP contribution >= 0.6 is 7.82 Å². The topological polar surface area (TPSA) is 87.0 Å². The van der Waals surface area contributed by atoms with Crippen molar-refractivity contribution < 1.29 is 24.0 Å². The summed E-state index contributed by atoms with van der Waals surface area (Å²) in [6.45, 7) is 0. The second-order valence-electron chi connectivity index (χ2n) is 3.25. The number of hydrogen-bond acceptors (Lipinski definition) is 3. The van der Waals surface area contributed by atoms with Crippen molar-refractivity contribution in [2.24, 2.45) is 0 Å². The van der Waals surface area contributed by atoms with Gasteiger partial charge in [-0.3, -0.25) is 9.79 Å². The Morgan fingerprint density at radius 2 is 1.62 bits per heavy atom. The van der Waals surface area contributed by atoms with Crippen LogP contribution in [0.5, 0.6) is 11.5 Å². The van der Waals surface area contributed by atoms with E-state index in [9.17, 15) is 9.67 Å². The normalized spacial score (nSPS) is 11.6. The molecule has 0 atom stereocenters. The highest BCUT2D eigenvalue weighted by Gasteiger charge is 2.18. The first-order valence-electron chi connectivity index (χ1n) is 4.42. The zero-order valence-corrected chi connectivity index (χ0v) is 8.96. The van der Waals surface area contributed by atoms with Crippen LogP contribution in [0.3, 0.4) is 0 Å². The molecule has 84 valence electrons. The molecule has 0 saturated carbocycles. The fraction of sp³-hybridized carbons (Fsp3) is 0. The molecule has 0 aromatic heterocycles. The average molecular weight is 240 g/mol. The van der Waals surface area contributed by atoms with Gasteiger partial charge in [0.25, 0.3) is 0 Å². The molecule has 16 heavy (non-hydrogen) atoms. The summed E-state index contributed by atoms with van der Waals surface area (Å²) in [4.78, 5) is 17.3. The molecule has 0 heterocycles. The lowest BCUT2D eigenvalue weighted by Crippen LogP contribution is -1.90. The van der Waals surface area contributed by atoms with Gasteiger partial charge in [0.2, 0.25) is 0 Å². The maximum Gasteiger partial charge on any atom is 0.524 e. The second kappa shape index (κ2) is 3.79. The molecule has 0 aliphatic carbocycles. The van der Waals surface area contributed by atoms with Gasteiger partial charge in [0, 0.05) is 0 Å². The van der Waals surface area contributed by atoms with E-state index in [4.69, 9.17) is 9.79 Å². The molecule has 0 aliphatic rings. The minimum atomic E-state index is -4.65. The van der Waals surface area contributed by atoms with E-state index in [1.54, 1.807) is 24.3 Å². The monoisotopic (exact) mass is 240 g/mol. The van der Waals surface area contributed by atoms with Gasteiger partial charge in [-0.25, -0.2) is 4.57 Å². The number of phosphoric acid groups is 1. The first kappa shape index (κ1) is 11.0. The highest BCUT2D eigenvalue weighted by Crippen LogP contribution is 2.42. The van der Waals surface area contributed by atoms with Crippen molar-refractivity contribution in [3.05, 3.63) is 36.4 Å². The standard InChI is InChI=1S/C10H9O5P/c11-9-5-7-3-1-2-4-8(7)6-10(9)15-16(12,13)14/h1-6,11H,(H2,12,13,14). The number of benzene rings is 2. The molecule has 0 spiro atoms. The third-order valence-electron chi connectivity index (χ3n) is 2.04. The van der Waals surface area contributed by atoms with Crippen molar-refractivity contribution >= 4 is 18.6 Å². The van der Waals surface area contributed by atoms with Gasteiger partial charge in [0.1, 0.15) is 0 Å². The van der Waals surface area contributed by atoms with Crippen LogP contribution in [0.2, 0.25) is 0 Å². The molecule has 0 radical (unpaired) electrons. The number of phosphoric ester groups is 1. The summed E-state index contributed by atoms with van der Waals surface area (Å²) in [7, 11) is -4.65. The molecule has 5 nitrogen and oxygen atoms in total. The number of phenolic OH excluding ortho intramolecular Hbond substituents is 1. The predicted molar refractivity (Wildman–Crippen MR) is 58.3 cm³/mol. The Hall–Kier alpha value is -1.55. The lowest BCUT2D eigenvalue weighted by molar-refractivity contribution is 0.278. The molecular formula is C10H9O5P. The van der Waals surface area contributed by atoms with Crippen LogP contribution in [0.1, 0.15) is 0 Å². The zero-order valence-electron chi connectivity index (χ0n) is 8.07. The van der Waals surface area contributed by atoms with E-state index in [0.717, 1.165) is 10.8 Å². The molecule has 0 unspecified atom stereocenters. The second-order valence-corrected chi connectivity index (χ2v) is 4.41. The molecule has 2 rings (SSSR count). The largest absolute Gasteiger partial charge is 0.524 e. The number of hydrogen-bond donors (Lipinski definition) is 3. The van der Waals surface area contributed by atoms with Crippen molar-refractivity contribution in [3.8, 4) is 11.5 Å². The Morgan fingerprint density at radius 3 is 2.19 bits per heavy atom. The van der Waals surface area contributed by atoms with Gasteiger partial charge in [-0.1, -0.05) is 24.3 Å². The maximum atomic E-state index is 10.7. The SMILES string of the molecule is O=P(O)(O)Oc1cc2ccccc2cc1O. The van der Waals surface area contributed by atoms with Crippen molar-refractivity contribution in [3.63, 3.8) is 0 Å². The van der Waals surface area contributed by atoms with Crippen LogP contribution in [0.25, 0.3) is 10.8 Å². The van der Waals surface area contributed by atoms with Gasteiger partial charge in [-0.2, -0.15) is 0 Å². The van der Waals surface area contributed by atoms with Crippen molar-refractivity contribution in [1.29, 1.82) is 0 Å². The van der Waals surface area contributed by atoms with Crippen molar-refractivity contribution in [2.75, 3.05) is 0 Å². The number of phenols is 1. The number of fused-ring (bicyclic) bond motifs is 1. The van der Waals surface area contributed by atoms with E-state index in [-0.39, 0.29) is 11.5 Å². The van der Waals surface area contributed by atoms with Crippen LogP contribution in [0.4, 0.5) is 0 Å². The lowest BCUT2D eigenvalue weighted by atomic mass is 10.1. The van der Waals surface area contributed by atoms with Gasteiger partial charge in [-0.05, 0) is 22.9 Å². The van der Waals surface area contributed by atoms with Gasteiger partial charge >= 0.3 is 7.82 Å². The maximum absolute atomic E-state index is 10.7. The van der Waals surface area contributed by atoms with Gasteiger partial charge < -0.3 is 9.63 Å². The van der Waals surface area contributed by atoms with E-state index >= 15 is 0 Å². The molecular weight excluding hydrogens is 231 g/mol. The van der Waals surface area contributed by atoms with E-state index in [2.05, 4.69) is 4.52 Å². The summed E-state index contributed by atoms with van der Waals surface area (Å²) in [6.07, 6.45) is 0. The Bertz CT molecular complexity index is 574. The Morgan fingerprint density at radius 1 is 1.06 bits per heavy atom. The molecule has 0 aliphatic heterocycles. The Kier molecular flexibility index (Phi) is 2.59. The van der Waals surface area contributed by atoms with E-state index in [0.29, 0.717) is 0 Å². The van der Waals surface area contributed by atoms with Crippen LogP contribution in [-0.2, 0) is 4.57 Å². The molecule has 0 amide bonds. The number of aromatic hydroxyl groups is 1. The minimum Gasteiger partial charge on any atom is -0.504 e. The van der Waals surface area contributed by atoms with Crippen molar-refractivity contribution in [1.82, 2.24) is 0 Å². The average Bonchev–Trinajstić information content (AvgIpc) is 2.17. The fourth-order valence-corrected chi connectivity index (χ4v) is 1.81. The molecule has 2 aromatic carbocycles. The predicted octanol–water partition coefficient (Wildman–Crippen LogP) is 2.02. The lowest BCUT2D eigenvalue weighted by Gasteiger charge is -2.09. The first-order valence-corrected chi connectivity index (χ1v) is 5.96. The third-order valence-corrected chi connectivity index (χ3v) is 2.48. The summed E-state index contributed by atoms with van der Waals surface area (Å²) in [5, 5.41) is 11.0. The summed E-state index contributed by atoms with van der Waals surface area (Å²) in [5.41, 5.74) is 0. The van der Waals surface area contributed by atoms with E-state index < -0.39 is 7.82 Å². The molecule has 0 saturated heterocycles. The summed E-state index contributed by atoms with van der Waals surface area (Å²) < 4.78 is 15.0. The quantitative estimate of drug-likeness (QED) is 0.699. The molecule has 2 aromatic rings. The van der Waals surface area contributed by atoms with Gasteiger partial charge in [0.15, 0.2) is 11.5 Å². The Balaban J connectivity index is 2.54. The highest BCUT2D eigenvalue weighted by molar-refractivity contribution is 7.46. The number of rotatable bonds is 2. The van der Waals surface area contributed by atoms with Crippen LogP contribution in [0.15, 0.2) is 36.4 Å². The van der Waals surface area contributed by atoms with Crippen LogP contribution < -0.4 is 4.52 Å².